The van der Waals surface area contributed by atoms with Gasteiger partial charge in [0.05, 0.1) is 23.0 Å². The van der Waals surface area contributed by atoms with E-state index in [1.54, 1.807) is 24.0 Å². The Balaban J connectivity index is 2.56. The molecule has 102 valence electrons. The standard InChI is InChI=1S/C14H17ClFN3/c1-4-19-14(11(15)8-18-19)13(17-3)10-7-9(2)5-6-12(10)16/h5-8,13,17H,4H2,1-3H3. The van der Waals surface area contributed by atoms with Crippen LogP contribution < -0.4 is 5.32 Å². The Morgan fingerprint density at radius 1 is 1.47 bits per heavy atom. The number of benzene rings is 1. The Morgan fingerprint density at radius 2 is 2.21 bits per heavy atom. The lowest BCUT2D eigenvalue weighted by Crippen LogP contribution is -2.23. The molecule has 2 aromatic rings. The first kappa shape index (κ1) is 14.0. The van der Waals surface area contributed by atoms with Gasteiger partial charge >= 0.3 is 0 Å². The summed E-state index contributed by atoms with van der Waals surface area (Å²) in [5.74, 6) is -0.245. The number of rotatable bonds is 4. The highest BCUT2D eigenvalue weighted by Gasteiger charge is 2.23. The highest BCUT2D eigenvalue weighted by atomic mass is 35.5. The van der Waals surface area contributed by atoms with E-state index in [4.69, 9.17) is 11.6 Å². The summed E-state index contributed by atoms with van der Waals surface area (Å²) in [6.07, 6.45) is 1.60. The van der Waals surface area contributed by atoms with Crippen molar-refractivity contribution >= 4 is 11.6 Å². The SMILES string of the molecule is CCn1ncc(Cl)c1C(NC)c1cc(C)ccc1F. The Kier molecular flexibility index (Phi) is 4.22. The molecule has 1 N–H and O–H groups in total. The highest BCUT2D eigenvalue weighted by molar-refractivity contribution is 6.31. The summed E-state index contributed by atoms with van der Waals surface area (Å²) in [7, 11) is 1.79. The largest absolute Gasteiger partial charge is 0.308 e. The van der Waals surface area contributed by atoms with Crippen molar-refractivity contribution in [3.05, 3.63) is 52.1 Å². The average molecular weight is 282 g/mol. The van der Waals surface area contributed by atoms with Crippen LogP contribution in [0.15, 0.2) is 24.4 Å². The lowest BCUT2D eigenvalue weighted by Gasteiger charge is -2.19. The predicted molar refractivity (Wildman–Crippen MR) is 75.0 cm³/mol. The third-order valence-electron chi connectivity index (χ3n) is 3.16. The van der Waals surface area contributed by atoms with Crippen molar-refractivity contribution in [1.82, 2.24) is 15.1 Å². The van der Waals surface area contributed by atoms with E-state index in [1.165, 1.54) is 6.07 Å². The van der Waals surface area contributed by atoms with Crippen LogP contribution in [0.4, 0.5) is 4.39 Å². The molecule has 0 spiro atoms. The van der Waals surface area contributed by atoms with E-state index >= 15 is 0 Å². The summed E-state index contributed by atoms with van der Waals surface area (Å²) in [4.78, 5) is 0. The molecule has 0 aliphatic rings. The number of nitrogens with zero attached hydrogens (tertiary/aromatic N) is 2. The molecule has 1 unspecified atom stereocenters. The van der Waals surface area contributed by atoms with Crippen LogP contribution in [0.25, 0.3) is 0 Å². The zero-order chi connectivity index (χ0) is 14.0. The van der Waals surface area contributed by atoms with Crippen LogP contribution in [0.2, 0.25) is 5.02 Å². The molecule has 2 rings (SSSR count). The third kappa shape index (κ3) is 2.65. The van der Waals surface area contributed by atoms with Crippen molar-refractivity contribution in [3.63, 3.8) is 0 Å². The first-order valence-electron chi connectivity index (χ1n) is 6.23. The lowest BCUT2D eigenvalue weighted by molar-refractivity contribution is 0.533. The zero-order valence-electron chi connectivity index (χ0n) is 11.2. The Morgan fingerprint density at radius 3 is 2.84 bits per heavy atom. The zero-order valence-corrected chi connectivity index (χ0v) is 12.0. The average Bonchev–Trinajstić information content (AvgIpc) is 2.76. The maximum absolute atomic E-state index is 14.1. The molecule has 19 heavy (non-hydrogen) atoms. The first-order chi connectivity index (χ1) is 9.08. The van der Waals surface area contributed by atoms with E-state index in [1.807, 2.05) is 19.9 Å². The predicted octanol–water partition coefficient (Wildman–Crippen LogP) is 3.31. The van der Waals surface area contributed by atoms with E-state index in [0.29, 0.717) is 17.1 Å². The van der Waals surface area contributed by atoms with Crippen LogP contribution in [-0.2, 0) is 6.54 Å². The van der Waals surface area contributed by atoms with Gasteiger partial charge in [0.1, 0.15) is 5.82 Å². The van der Waals surface area contributed by atoms with Crippen molar-refractivity contribution in [1.29, 1.82) is 0 Å². The topological polar surface area (TPSA) is 29.9 Å². The van der Waals surface area contributed by atoms with Gasteiger partial charge in [-0.15, -0.1) is 0 Å². The monoisotopic (exact) mass is 281 g/mol. The molecule has 0 amide bonds. The Hall–Kier alpha value is -1.39. The van der Waals surface area contributed by atoms with Gasteiger partial charge in [-0.3, -0.25) is 4.68 Å². The lowest BCUT2D eigenvalue weighted by atomic mass is 10.0. The van der Waals surface area contributed by atoms with Gasteiger partial charge in [0.25, 0.3) is 0 Å². The Labute approximate surface area is 117 Å². The van der Waals surface area contributed by atoms with E-state index < -0.39 is 0 Å². The van der Waals surface area contributed by atoms with Gasteiger partial charge in [0, 0.05) is 12.1 Å². The van der Waals surface area contributed by atoms with Crippen LogP contribution in [0.3, 0.4) is 0 Å². The quantitative estimate of drug-likeness (QED) is 0.932. The van der Waals surface area contributed by atoms with Crippen molar-refractivity contribution in [2.24, 2.45) is 0 Å². The van der Waals surface area contributed by atoms with Crippen LogP contribution in [0, 0.1) is 12.7 Å². The minimum Gasteiger partial charge on any atom is -0.308 e. The number of nitrogens with one attached hydrogen (secondary N) is 1. The van der Waals surface area contributed by atoms with E-state index in [2.05, 4.69) is 10.4 Å². The van der Waals surface area contributed by atoms with Gasteiger partial charge in [-0.05, 0) is 27.0 Å². The molecule has 3 nitrogen and oxygen atoms in total. The number of halogens is 2. The fourth-order valence-electron chi connectivity index (χ4n) is 2.23. The van der Waals surface area contributed by atoms with Crippen LogP contribution >= 0.6 is 11.6 Å². The summed E-state index contributed by atoms with van der Waals surface area (Å²) in [5, 5.41) is 7.87. The number of hydrogen-bond donors (Lipinski definition) is 1. The minimum absolute atomic E-state index is 0.245. The molecule has 5 heteroatoms. The Bertz CT molecular complexity index is 580. The van der Waals surface area contributed by atoms with Gasteiger partial charge < -0.3 is 5.32 Å². The molecule has 1 aromatic carbocycles. The third-order valence-corrected chi connectivity index (χ3v) is 3.45. The van der Waals surface area contributed by atoms with Gasteiger partial charge in [0.2, 0.25) is 0 Å². The number of aromatic nitrogens is 2. The molecule has 0 saturated carbocycles. The van der Waals surface area contributed by atoms with E-state index in [-0.39, 0.29) is 11.9 Å². The van der Waals surface area contributed by atoms with Crippen molar-refractivity contribution in [2.45, 2.75) is 26.4 Å². The molecule has 1 heterocycles. The molecule has 0 bridgehead atoms. The van der Waals surface area contributed by atoms with Crippen LogP contribution in [-0.4, -0.2) is 16.8 Å². The summed E-state index contributed by atoms with van der Waals surface area (Å²) in [6, 6.07) is 4.76. The molecule has 1 atom stereocenters. The summed E-state index contributed by atoms with van der Waals surface area (Å²) in [6.45, 7) is 4.61. The van der Waals surface area contributed by atoms with Crippen molar-refractivity contribution in [2.75, 3.05) is 7.05 Å². The van der Waals surface area contributed by atoms with Crippen LogP contribution in [0.5, 0.6) is 0 Å². The molecule has 0 fully saturated rings. The second-order valence-corrected chi connectivity index (χ2v) is 4.85. The van der Waals surface area contributed by atoms with E-state index in [9.17, 15) is 4.39 Å². The minimum atomic E-state index is -0.310. The molecule has 0 aliphatic carbocycles. The summed E-state index contributed by atoms with van der Waals surface area (Å²) in [5.41, 5.74) is 2.38. The number of hydrogen-bond acceptors (Lipinski definition) is 2. The second kappa shape index (κ2) is 5.72. The molecule has 0 saturated heterocycles. The number of aryl methyl sites for hydroxylation is 2. The summed E-state index contributed by atoms with van der Waals surface area (Å²) >= 11 is 6.19. The highest BCUT2D eigenvalue weighted by Crippen LogP contribution is 2.30. The second-order valence-electron chi connectivity index (χ2n) is 4.44. The molecular formula is C14H17ClFN3. The first-order valence-corrected chi connectivity index (χ1v) is 6.60. The smallest absolute Gasteiger partial charge is 0.128 e. The normalized spacial score (nSPS) is 12.7. The molecular weight excluding hydrogens is 265 g/mol. The van der Waals surface area contributed by atoms with Gasteiger partial charge in [-0.2, -0.15) is 5.10 Å². The summed E-state index contributed by atoms with van der Waals surface area (Å²) < 4.78 is 15.8. The fourth-order valence-corrected chi connectivity index (χ4v) is 2.49. The van der Waals surface area contributed by atoms with Crippen molar-refractivity contribution < 1.29 is 4.39 Å². The fraction of sp³-hybridized carbons (Fsp3) is 0.357. The molecule has 1 aromatic heterocycles. The van der Waals surface area contributed by atoms with Crippen molar-refractivity contribution in [3.8, 4) is 0 Å². The maximum Gasteiger partial charge on any atom is 0.128 e. The van der Waals surface area contributed by atoms with Gasteiger partial charge in [0.15, 0.2) is 0 Å². The maximum atomic E-state index is 14.1. The van der Waals surface area contributed by atoms with Gasteiger partial charge in [-0.1, -0.05) is 29.3 Å². The van der Waals surface area contributed by atoms with Crippen LogP contribution in [0.1, 0.15) is 29.8 Å². The van der Waals surface area contributed by atoms with Gasteiger partial charge in [-0.25, -0.2) is 4.39 Å². The van der Waals surface area contributed by atoms with E-state index in [0.717, 1.165) is 11.3 Å². The molecule has 0 radical (unpaired) electrons. The molecule has 0 aliphatic heterocycles.